The third-order valence-electron chi connectivity index (χ3n) is 5.81. The lowest BCUT2D eigenvalue weighted by Gasteiger charge is -2.43. The molecule has 5 nitrogen and oxygen atoms in total. The standard InChI is InChI=1S/C26H27ClN4O/c1-5-31-24-15-22(27)19(14-21(24)18(2)16-26(31,3)4)17-28-29-25(32)20-10-6-7-11-23(20)30-12-8-9-13-30/h6-17H,5H2,1-4H3,(H,29,32)/b28-17-. The summed E-state index contributed by atoms with van der Waals surface area (Å²) in [5, 5.41) is 4.79. The first-order valence-corrected chi connectivity index (χ1v) is 11.1. The predicted molar refractivity (Wildman–Crippen MR) is 133 cm³/mol. The Kier molecular flexibility index (Phi) is 5.94. The van der Waals surface area contributed by atoms with Crippen LogP contribution in [0.2, 0.25) is 5.02 Å². The topological polar surface area (TPSA) is 49.6 Å². The Balaban J connectivity index is 1.58. The lowest BCUT2D eigenvalue weighted by atomic mass is 9.88. The first-order valence-electron chi connectivity index (χ1n) is 10.7. The molecule has 0 spiro atoms. The summed E-state index contributed by atoms with van der Waals surface area (Å²) in [6.07, 6.45) is 7.67. The van der Waals surface area contributed by atoms with Gasteiger partial charge in [0, 0.05) is 35.8 Å². The number of halogens is 1. The molecule has 1 amide bonds. The van der Waals surface area contributed by atoms with Crippen LogP contribution in [0.15, 0.2) is 72.1 Å². The molecule has 32 heavy (non-hydrogen) atoms. The van der Waals surface area contributed by atoms with Crippen molar-refractivity contribution in [2.45, 2.75) is 33.2 Å². The Morgan fingerprint density at radius 2 is 1.84 bits per heavy atom. The summed E-state index contributed by atoms with van der Waals surface area (Å²) in [5.74, 6) is -0.283. The third kappa shape index (κ3) is 4.08. The van der Waals surface area contributed by atoms with E-state index in [9.17, 15) is 4.79 Å². The number of hydrogen-bond donors (Lipinski definition) is 1. The Hall–Kier alpha value is -3.31. The molecular formula is C26H27ClN4O. The first-order chi connectivity index (χ1) is 15.3. The van der Waals surface area contributed by atoms with Crippen LogP contribution < -0.4 is 10.3 Å². The van der Waals surface area contributed by atoms with E-state index in [1.165, 1.54) is 5.57 Å². The van der Waals surface area contributed by atoms with E-state index in [-0.39, 0.29) is 11.4 Å². The molecule has 0 radical (unpaired) electrons. The molecule has 2 aromatic carbocycles. The van der Waals surface area contributed by atoms with Crippen molar-refractivity contribution in [2.75, 3.05) is 11.4 Å². The molecule has 0 atom stereocenters. The molecule has 0 fully saturated rings. The number of carbonyl (C=O) groups excluding carboxylic acids is 1. The van der Waals surface area contributed by atoms with Crippen LogP contribution in [-0.4, -0.2) is 28.8 Å². The SMILES string of the molecule is CCN1c2cc(Cl)c(/C=N\NC(=O)c3ccccc3-n3cccc3)cc2C(C)=CC1(C)C. The zero-order valence-electron chi connectivity index (χ0n) is 18.8. The van der Waals surface area contributed by atoms with Gasteiger partial charge < -0.3 is 9.47 Å². The van der Waals surface area contributed by atoms with Gasteiger partial charge in [-0.15, -0.1) is 0 Å². The van der Waals surface area contributed by atoms with Crippen molar-refractivity contribution in [1.82, 2.24) is 9.99 Å². The van der Waals surface area contributed by atoms with Crippen molar-refractivity contribution in [3.63, 3.8) is 0 Å². The maximum Gasteiger partial charge on any atom is 0.273 e. The van der Waals surface area contributed by atoms with Gasteiger partial charge >= 0.3 is 0 Å². The smallest absolute Gasteiger partial charge is 0.273 e. The second-order valence-electron chi connectivity index (χ2n) is 8.42. The summed E-state index contributed by atoms with van der Waals surface area (Å²) in [7, 11) is 0. The number of rotatable bonds is 5. The second kappa shape index (κ2) is 8.67. The minimum absolute atomic E-state index is 0.0775. The number of fused-ring (bicyclic) bond motifs is 1. The Labute approximate surface area is 194 Å². The van der Waals surface area contributed by atoms with Gasteiger partial charge in [0.2, 0.25) is 0 Å². The molecule has 1 N–H and O–H groups in total. The third-order valence-corrected chi connectivity index (χ3v) is 6.14. The van der Waals surface area contributed by atoms with Crippen LogP contribution in [0.3, 0.4) is 0 Å². The number of carbonyl (C=O) groups is 1. The van der Waals surface area contributed by atoms with Crippen LogP contribution in [0.5, 0.6) is 0 Å². The number of benzene rings is 2. The number of allylic oxidation sites excluding steroid dienone is 1. The molecule has 0 saturated carbocycles. The van der Waals surface area contributed by atoms with Crippen LogP contribution >= 0.6 is 11.6 Å². The van der Waals surface area contributed by atoms with Crippen LogP contribution in [0.4, 0.5) is 5.69 Å². The number of hydrogen-bond acceptors (Lipinski definition) is 3. The Morgan fingerprint density at radius 3 is 2.56 bits per heavy atom. The molecule has 2 heterocycles. The number of hydrazone groups is 1. The molecule has 4 rings (SSSR count). The van der Waals surface area contributed by atoms with Gasteiger partial charge in [-0.1, -0.05) is 29.8 Å². The van der Waals surface area contributed by atoms with Crippen molar-refractivity contribution in [2.24, 2.45) is 5.10 Å². The number of anilines is 1. The molecule has 164 valence electrons. The minimum atomic E-state index is -0.283. The highest BCUT2D eigenvalue weighted by molar-refractivity contribution is 6.33. The summed E-state index contributed by atoms with van der Waals surface area (Å²) >= 11 is 6.60. The highest BCUT2D eigenvalue weighted by atomic mass is 35.5. The largest absolute Gasteiger partial charge is 0.363 e. The number of nitrogens with zero attached hydrogens (tertiary/aromatic N) is 3. The number of para-hydroxylation sites is 1. The average molecular weight is 447 g/mol. The van der Waals surface area contributed by atoms with E-state index in [2.05, 4.69) is 49.2 Å². The van der Waals surface area contributed by atoms with Crippen LogP contribution in [0.25, 0.3) is 11.3 Å². The van der Waals surface area contributed by atoms with Crippen molar-refractivity contribution in [3.05, 3.63) is 88.7 Å². The van der Waals surface area contributed by atoms with E-state index in [1.807, 2.05) is 59.4 Å². The van der Waals surface area contributed by atoms with Crippen LogP contribution in [0, 0.1) is 0 Å². The molecule has 3 aromatic rings. The van der Waals surface area contributed by atoms with Gasteiger partial charge in [-0.2, -0.15) is 5.10 Å². The Morgan fingerprint density at radius 1 is 1.12 bits per heavy atom. The molecule has 0 aliphatic carbocycles. The molecule has 1 aromatic heterocycles. The number of likely N-dealkylation sites (N-methyl/N-ethyl adjacent to an activating group) is 1. The fraction of sp³-hybridized carbons (Fsp3) is 0.231. The van der Waals surface area contributed by atoms with E-state index >= 15 is 0 Å². The summed E-state index contributed by atoms with van der Waals surface area (Å²) in [6, 6.07) is 15.3. The van der Waals surface area contributed by atoms with Gasteiger partial charge in [0.05, 0.1) is 28.0 Å². The maximum atomic E-state index is 12.8. The predicted octanol–water partition coefficient (Wildman–Crippen LogP) is 5.92. The van der Waals surface area contributed by atoms with Crippen molar-refractivity contribution < 1.29 is 4.79 Å². The quantitative estimate of drug-likeness (QED) is 0.391. The maximum absolute atomic E-state index is 12.8. The van der Waals surface area contributed by atoms with Crippen molar-refractivity contribution in [1.29, 1.82) is 0 Å². The Bertz CT molecular complexity index is 1210. The highest BCUT2D eigenvalue weighted by Gasteiger charge is 2.30. The summed E-state index contributed by atoms with van der Waals surface area (Å²) in [5.41, 5.74) is 8.09. The molecule has 0 saturated heterocycles. The second-order valence-corrected chi connectivity index (χ2v) is 8.83. The summed E-state index contributed by atoms with van der Waals surface area (Å²) in [6.45, 7) is 9.54. The van der Waals surface area contributed by atoms with Crippen LogP contribution in [0.1, 0.15) is 49.2 Å². The molecular weight excluding hydrogens is 420 g/mol. The van der Waals surface area contributed by atoms with Gasteiger partial charge in [0.15, 0.2) is 0 Å². The summed E-state index contributed by atoms with van der Waals surface area (Å²) in [4.78, 5) is 15.1. The van der Waals surface area contributed by atoms with E-state index in [0.29, 0.717) is 10.6 Å². The molecule has 1 aliphatic rings. The van der Waals surface area contributed by atoms with E-state index in [4.69, 9.17) is 11.6 Å². The normalized spacial score (nSPS) is 14.9. The molecule has 0 unspecified atom stereocenters. The van der Waals surface area contributed by atoms with E-state index in [1.54, 1.807) is 12.3 Å². The average Bonchev–Trinajstić information content (AvgIpc) is 3.29. The number of aromatic nitrogens is 1. The van der Waals surface area contributed by atoms with Crippen molar-refractivity contribution >= 4 is 35.0 Å². The lowest BCUT2D eigenvalue weighted by molar-refractivity contribution is 0.0955. The molecule has 1 aliphatic heterocycles. The van der Waals surface area contributed by atoms with Gasteiger partial charge in [0.25, 0.3) is 5.91 Å². The van der Waals surface area contributed by atoms with Crippen LogP contribution in [-0.2, 0) is 0 Å². The first kappa shape index (κ1) is 21.9. The van der Waals surface area contributed by atoms with E-state index in [0.717, 1.165) is 29.0 Å². The van der Waals surface area contributed by atoms with Gasteiger partial charge in [-0.05, 0) is 69.7 Å². The fourth-order valence-electron chi connectivity index (χ4n) is 4.40. The lowest BCUT2D eigenvalue weighted by Crippen LogP contribution is -2.44. The fourth-order valence-corrected chi connectivity index (χ4v) is 4.60. The van der Waals surface area contributed by atoms with E-state index < -0.39 is 0 Å². The number of amides is 1. The zero-order valence-corrected chi connectivity index (χ0v) is 19.5. The van der Waals surface area contributed by atoms with Gasteiger partial charge in [-0.25, -0.2) is 5.43 Å². The molecule has 0 bridgehead atoms. The highest BCUT2D eigenvalue weighted by Crippen LogP contribution is 2.40. The minimum Gasteiger partial charge on any atom is -0.363 e. The monoisotopic (exact) mass is 446 g/mol. The zero-order chi connectivity index (χ0) is 22.9. The van der Waals surface area contributed by atoms with Gasteiger partial charge in [0.1, 0.15) is 0 Å². The van der Waals surface area contributed by atoms with Gasteiger partial charge in [-0.3, -0.25) is 4.79 Å². The number of nitrogens with one attached hydrogen (secondary N) is 1. The molecule has 6 heteroatoms. The summed E-state index contributed by atoms with van der Waals surface area (Å²) < 4.78 is 1.90. The van der Waals surface area contributed by atoms with Crippen molar-refractivity contribution in [3.8, 4) is 5.69 Å².